The van der Waals surface area contributed by atoms with Crippen LogP contribution in [-0.4, -0.2) is 54.1 Å². The normalized spacial score (nSPS) is 11.5. The smallest absolute Gasteiger partial charge is 0.410 e. The summed E-state index contributed by atoms with van der Waals surface area (Å²) < 4.78 is 5.39. The zero-order valence-electron chi connectivity index (χ0n) is 17.5. The molecular weight excluding hydrogens is 376 g/mol. The van der Waals surface area contributed by atoms with Crippen molar-refractivity contribution in [2.24, 2.45) is 0 Å². The first kappa shape index (κ1) is 25.7. The SMILES string of the molecule is CSCC[C@H](C(=O)NCCCc1ccccc1)N(C)C(=O)OC(C)(C)C.N#N. The Hall–Kier alpha value is -2.27. The molecule has 0 saturated carbocycles. The quantitative estimate of drug-likeness (QED) is 0.492. The molecule has 0 aliphatic rings. The van der Waals surface area contributed by atoms with Crippen LogP contribution in [0.3, 0.4) is 0 Å². The Morgan fingerprint density at radius 1 is 1.21 bits per heavy atom. The fourth-order valence-corrected chi connectivity index (χ4v) is 2.92. The molecule has 0 bridgehead atoms. The Morgan fingerprint density at radius 3 is 2.36 bits per heavy atom. The van der Waals surface area contributed by atoms with Crippen LogP contribution in [0, 0.1) is 10.8 Å². The first-order valence-electron chi connectivity index (χ1n) is 9.21. The third-order valence-corrected chi connectivity index (χ3v) is 4.48. The average Bonchev–Trinajstić information content (AvgIpc) is 2.66. The van der Waals surface area contributed by atoms with Gasteiger partial charge in [-0.1, -0.05) is 30.3 Å². The van der Waals surface area contributed by atoms with E-state index < -0.39 is 17.7 Å². The predicted octanol–water partition coefficient (Wildman–Crippen LogP) is 3.75. The minimum Gasteiger partial charge on any atom is -0.444 e. The largest absolute Gasteiger partial charge is 0.444 e. The van der Waals surface area contributed by atoms with E-state index in [2.05, 4.69) is 17.4 Å². The van der Waals surface area contributed by atoms with Crippen LogP contribution in [0.2, 0.25) is 0 Å². The first-order chi connectivity index (χ1) is 13.2. The molecule has 0 spiro atoms. The second-order valence-corrected chi connectivity index (χ2v) is 8.25. The molecular formula is C20H32N4O3S. The maximum Gasteiger partial charge on any atom is 0.410 e. The van der Waals surface area contributed by atoms with E-state index in [9.17, 15) is 9.59 Å². The summed E-state index contributed by atoms with van der Waals surface area (Å²) in [5.41, 5.74) is 0.674. The van der Waals surface area contributed by atoms with Crippen LogP contribution >= 0.6 is 11.8 Å². The van der Waals surface area contributed by atoms with E-state index >= 15 is 0 Å². The fourth-order valence-electron chi connectivity index (χ4n) is 2.46. The second kappa shape index (κ2) is 13.8. The maximum absolute atomic E-state index is 12.6. The average molecular weight is 409 g/mol. The third kappa shape index (κ3) is 10.8. The van der Waals surface area contributed by atoms with Gasteiger partial charge in [-0.3, -0.25) is 9.69 Å². The molecule has 0 aliphatic carbocycles. The molecule has 1 aromatic rings. The molecule has 0 fully saturated rings. The van der Waals surface area contributed by atoms with Crippen molar-refractivity contribution < 1.29 is 14.3 Å². The molecule has 1 rings (SSSR count). The number of aryl methyl sites for hydroxylation is 1. The van der Waals surface area contributed by atoms with Gasteiger partial charge in [0, 0.05) is 24.4 Å². The van der Waals surface area contributed by atoms with Gasteiger partial charge in [-0.25, -0.2) is 4.79 Å². The van der Waals surface area contributed by atoms with Crippen LogP contribution in [0.15, 0.2) is 30.3 Å². The number of amides is 2. The molecule has 8 heteroatoms. The summed E-state index contributed by atoms with van der Waals surface area (Å²) in [6.45, 7) is 6.05. The van der Waals surface area contributed by atoms with Gasteiger partial charge in [-0.05, 0) is 57.6 Å². The standard InChI is InChI=1S/C20H32N2O3S.N2/c1-20(2,3)25-19(24)22(4)17(13-15-26-5)18(23)21-14-9-12-16-10-7-6-8-11-16;1-2/h6-8,10-11,17H,9,12-15H2,1-5H3,(H,21,23);/t17-;/m1./s1. The summed E-state index contributed by atoms with van der Waals surface area (Å²) in [7, 11) is 1.63. The zero-order chi connectivity index (χ0) is 21.6. The number of rotatable bonds is 9. The summed E-state index contributed by atoms with van der Waals surface area (Å²) in [6.07, 6.45) is 3.90. The van der Waals surface area contributed by atoms with E-state index in [4.69, 9.17) is 15.5 Å². The topological polar surface area (TPSA) is 106 Å². The number of benzene rings is 1. The molecule has 0 aromatic heterocycles. The highest BCUT2D eigenvalue weighted by Gasteiger charge is 2.29. The van der Waals surface area contributed by atoms with Crippen molar-refractivity contribution in [1.29, 1.82) is 10.8 Å². The Bertz CT molecular complexity index is 602. The highest BCUT2D eigenvalue weighted by atomic mass is 32.2. The number of ether oxygens (including phenoxy) is 1. The van der Waals surface area contributed by atoms with Gasteiger partial charge in [0.15, 0.2) is 0 Å². The van der Waals surface area contributed by atoms with Crippen molar-refractivity contribution in [3.05, 3.63) is 35.9 Å². The number of hydrogen-bond donors (Lipinski definition) is 1. The summed E-state index contributed by atoms with van der Waals surface area (Å²) in [5.74, 6) is 0.676. The first-order valence-corrected chi connectivity index (χ1v) is 10.6. The van der Waals surface area contributed by atoms with Gasteiger partial charge in [0.05, 0.1) is 0 Å². The summed E-state index contributed by atoms with van der Waals surface area (Å²) >= 11 is 1.66. The van der Waals surface area contributed by atoms with Gasteiger partial charge in [0.25, 0.3) is 0 Å². The molecule has 7 nitrogen and oxygen atoms in total. The molecule has 1 aromatic carbocycles. The molecule has 2 amide bonds. The minimum absolute atomic E-state index is 0.125. The zero-order valence-corrected chi connectivity index (χ0v) is 18.3. The van der Waals surface area contributed by atoms with E-state index in [1.54, 1.807) is 18.8 Å². The lowest BCUT2D eigenvalue weighted by molar-refractivity contribution is -0.126. The predicted molar refractivity (Wildman–Crippen MR) is 112 cm³/mol. The van der Waals surface area contributed by atoms with Crippen molar-refractivity contribution in [3.63, 3.8) is 0 Å². The lowest BCUT2D eigenvalue weighted by atomic mass is 10.1. The molecule has 0 heterocycles. The number of thioether (sulfide) groups is 1. The fraction of sp³-hybridized carbons (Fsp3) is 0.600. The van der Waals surface area contributed by atoms with Gasteiger partial charge in [0.2, 0.25) is 5.91 Å². The van der Waals surface area contributed by atoms with Crippen LogP contribution in [0.1, 0.15) is 39.2 Å². The number of nitrogens with one attached hydrogen (secondary N) is 1. The van der Waals surface area contributed by atoms with Crippen LogP contribution in [0.25, 0.3) is 0 Å². The van der Waals surface area contributed by atoms with Gasteiger partial charge < -0.3 is 10.1 Å². The second-order valence-electron chi connectivity index (χ2n) is 7.27. The van der Waals surface area contributed by atoms with Gasteiger partial charge >= 0.3 is 6.09 Å². The lowest BCUT2D eigenvalue weighted by Crippen LogP contribution is -2.49. The number of likely N-dealkylation sites (N-methyl/N-ethyl adjacent to an activating group) is 1. The Labute approximate surface area is 172 Å². The van der Waals surface area contributed by atoms with E-state index in [1.165, 1.54) is 10.5 Å². The van der Waals surface area contributed by atoms with Crippen LogP contribution < -0.4 is 5.32 Å². The molecule has 1 N–H and O–H groups in total. The third-order valence-electron chi connectivity index (χ3n) is 3.83. The molecule has 0 radical (unpaired) electrons. The maximum atomic E-state index is 12.6. The summed E-state index contributed by atoms with van der Waals surface area (Å²) in [5, 5.41) is 15.0. The number of carbonyl (C=O) groups is 2. The Balaban J connectivity index is 0.00000352. The van der Waals surface area contributed by atoms with E-state index in [-0.39, 0.29) is 5.91 Å². The minimum atomic E-state index is -0.582. The number of carbonyl (C=O) groups excluding carboxylic acids is 2. The lowest BCUT2D eigenvalue weighted by Gasteiger charge is -2.30. The molecule has 156 valence electrons. The number of hydrogen-bond acceptors (Lipinski definition) is 6. The van der Waals surface area contributed by atoms with Crippen molar-refractivity contribution in [2.45, 2.75) is 51.7 Å². The Kier molecular flexibility index (Phi) is 12.7. The molecule has 0 aliphatic heterocycles. The monoisotopic (exact) mass is 408 g/mol. The molecule has 1 atom stereocenters. The van der Waals surface area contributed by atoms with Crippen LogP contribution in [0.4, 0.5) is 4.79 Å². The number of nitrogens with zero attached hydrogens (tertiary/aromatic N) is 3. The summed E-state index contributed by atoms with van der Waals surface area (Å²) in [4.78, 5) is 26.3. The molecule has 28 heavy (non-hydrogen) atoms. The van der Waals surface area contributed by atoms with Crippen molar-refractivity contribution >= 4 is 23.8 Å². The van der Waals surface area contributed by atoms with Gasteiger partial charge in [0.1, 0.15) is 11.6 Å². The van der Waals surface area contributed by atoms with E-state index in [0.717, 1.165) is 18.6 Å². The van der Waals surface area contributed by atoms with Crippen LogP contribution in [-0.2, 0) is 16.0 Å². The molecule has 0 unspecified atom stereocenters. The van der Waals surface area contributed by atoms with Crippen molar-refractivity contribution in [3.8, 4) is 0 Å². The van der Waals surface area contributed by atoms with Gasteiger partial charge in [-0.15, -0.1) is 0 Å². The highest BCUT2D eigenvalue weighted by Crippen LogP contribution is 2.14. The molecule has 0 saturated heterocycles. The van der Waals surface area contributed by atoms with E-state index in [0.29, 0.717) is 13.0 Å². The summed E-state index contributed by atoms with van der Waals surface area (Å²) in [6, 6.07) is 9.67. The van der Waals surface area contributed by atoms with E-state index in [1.807, 2.05) is 45.2 Å². The van der Waals surface area contributed by atoms with Crippen molar-refractivity contribution in [2.75, 3.05) is 25.6 Å². The van der Waals surface area contributed by atoms with Crippen LogP contribution in [0.5, 0.6) is 0 Å². The van der Waals surface area contributed by atoms with Gasteiger partial charge in [-0.2, -0.15) is 11.8 Å². The Morgan fingerprint density at radius 2 is 1.82 bits per heavy atom. The van der Waals surface area contributed by atoms with Crippen molar-refractivity contribution in [1.82, 2.24) is 10.2 Å². The highest BCUT2D eigenvalue weighted by molar-refractivity contribution is 7.98.